The highest BCUT2D eigenvalue weighted by atomic mass is 35.5. The first-order valence-electron chi connectivity index (χ1n) is 12.8. The van der Waals surface area contributed by atoms with Gasteiger partial charge in [0.1, 0.15) is 11.4 Å². The van der Waals surface area contributed by atoms with E-state index in [0.29, 0.717) is 16.4 Å². The molecule has 0 atom stereocenters. The molecule has 9 heteroatoms. The van der Waals surface area contributed by atoms with Crippen LogP contribution in [-0.4, -0.2) is 84.2 Å². The van der Waals surface area contributed by atoms with E-state index in [1.165, 1.54) is 12.8 Å². The molecule has 4 aromatic rings. The number of halogens is 1. The molecular weight excluding hydrogens is 474 g/mol. The Labute approximate surface area is 215 Å². The van der Waals surface area contributed by atoms with E-state index in [-0.39, 0.29) is 5.56 Å². The number of likely N-dealkylation sites (tertiary alicyclic amines) is 1. The number of aromatic nitrogens is 3. The maximum absolute atomic E-state index is 13.4. The molecule has 0 bridgehead atoms. The van der Waals surface area contributed by atoms with Gasteiger partial charge in [-0.15, -0.1) is 0 Å². The van der Waals surface area contributed by atoms with E-state index >= 15 is 0 Å². The first-order chi connectivity index (χ1) is 17.5. The molecule has 0 unspecified atom stereocenters. The zero-order valence-electron chi connectivity index (χ0n) is 20.6. The monoisotopic (exact) mass is 505 g/mol. The Morgan fingerprint density at radius 2 is 1.75 bits per heavy atom. The van der Waals surface area contributed by atoms with Crippen molar-refractivity contribution in [2.75, 3.05) is 69.6 Å². The number of imidazole rings is 1. The highest BCUT2D eigenvalue weighted by molar-refractivity contribution is 6.31. The molecule has 188 valence electrons. The minimum absolute atomic E-state index is 0.174. The normalized spacial score (nSPS) is 17.4. The predicted molar refractivity (Wildman–Crippen MR) is 149 cm³/mol. The lowest BCUT2D eigenvalue weighted by molar-refractivity contribution is 0.313. The van der Waals surface area contributed by atoms with Crippen LogP contribution in [-0.2, 0) is 0 Å². The van der Waals surface area contributed by atoms with Crippen LogP contribution in [0.15, 0.2) is 41.2 Å². The number of pyridine rings is 1. The molecule has 2 aliphatic heterocycles. The molecule has 4 heterocycles. The molecule has 2 aromatic carbocycles. The summed E-state index contributed by atoms with van der Waals surface area (Å²) in [6, 6.07) is 11.9. The van der Waals surface area contributed by atoms with Crippen LogP contribution in [0.2, 0.25) is 5.02 Å². The minimum Gasteiger partial charge on any atom is -0.382 e. The Balaban J connectivity index is 1.39. The van der Waals surface area contributed by atoms with Gasteiger partial charge in [-0.05, 0) is 69.4 Å². The van der Waals surface area contributed by atoms with Crippen molar-refractivity contribution in [1.29, 1.82) is 0 Å². The number of benzene rings is 2. The molecule has 8 nitrogen and oxygen atoms in total. The van der Waals surface area contributed by atoms with Crippen molar-refractivity contribution in [3.8, 4) is 11.4 Å². The Bertz CT molecular complexity index is 1450. The fourth-order valence-corrected chi connectivity index (χ4v) is 5.57. The topological polar surface area (TPSA) is 83.3 Å². The van der Waals surface area contributed by atoms with Crippen molar-refractivity contribution < 1.29 is 0 Å². The number of fused-ring (bicyclic) bond motifs is 2. The Kier molecular flexibility index (Phi) is 6.33. The highest BCUT2D eigenvalue weighted by Crippen LogP contribution is 2.33. The van der Waals surface area contributed by atoms with Crippen LogP contribution in [0.25, 0.3) is 33.3 Å². The average Bonchev–Trinajstić information content (AvgIpc) is 3.54. The largest absolute Gasteiger partial charge is 0.382 e. The number of piperazine rings is 1. The summed E-state index contributed by atoms with van der Waals surface area (Å²) < 4.78 is 0. The summed E-state index contributed by atoms with van der Waals surface area (Å²) >= 11 is 6.37. The van der Waals surface area contributed by atoms with Gasteiger partial charge in [-0.2, -0.15) is 0 Å². The molecule has 6 rings (SSSR count). The van der Waals surface area contributed by atoms with Gasteiger partial charge in [0.05, 0.1) is 22.2 Å². The Morgan fingerprint density at radius 3 is 2.56 bits per heavy atom. The van der Waals surface area contributed by atoms with Crippen LogP contribution >= 0.6 is 11.6 Å². The standard InChI is InChI=1S/C27H32ClN7O/c1-33-12-14-35(15-13-33)19-5-7-22-23(17-19)31-26(30-22)24-25(29-8-11-34-9-2-3-10-34)20-16-18(28)4-6-21(20)32-27(24)36/h4-7,16-17H,2-3,8-15H2,1H3,(H,30,31)(H2,29,32,36). The summed E-state index contributed by atoms with van der Waals surface area (Å²) in [4.78, 5) is 31.9. The number of anilines is 2. The Morgan fingerprint density at radius 1 is 0.972 bits per heavy atom. The number of rotatable bonds is 6. The minimum atomic E-state index is -0.174. The summed E-state index contributed by atoms with van der Waals surface area (Å²) in [6.07, 6.45) is 2.51. The van der Waals surface area contributed by atoms with Crippen LogP contribution in [0.1, 0.15) is 12.8 Å². The zero-order chi connectivity index (χ0) is 24.6. The van der Waals surface area contributed by atoms with Crippen LogP contribution in [0.3, 0.4) is 0 Å². The van der Waals surface area contributed by atoms with Crippen LogP contribution < -0.4 is 15.8 Å². The van der Waals surface area contributed by atoms with Crippen molar-refractivity contribution in [2.45, 2.75) is 12.8 Å². The molecule has 2 fully saturated rings. The van der Waals surface area contributed by atoms with Gasteiger partial charge in [-0.1, -0.05) is 11.6 Å². The van der Waals surface area contributed by atoms with Gasteiger partial charge in [0, 0.05) is 55.4 Å². The number of nitrogens with one attached hydrogen (secondary N) is 3. The number of hydrogen-bond acceptors (Lipinski definition) is 6. The van der Waals surface area contributed by atoms with Crippen LogP contribution in [0, 0.1) is 0 Å². The van der Waals surface area contributed by atoms with E-state index in [2.05, 4.69) is 55.2 Å². The summed E-state index contributed by atoms with van der Waals surface area (Å²) in [7, 11) is 2.16. The number of hydrogen-bond donors (Lipinski definition) is 3. The number of H-pyrrole nitrogens is 2. The van der Waals surface area contributed by atoms with Gasteiger partial charge in [-0.3, -0.25) is 4.79 Å². The van der Waals surface area contributed by atoms with Crippen molar-refractivity contribution in [3.63, 3.8) is 0 Å². The maximum atomic E-state index is 13.4. The van der Waals surface area contributed by atoms with Crippen LogP contribution in [0.5, 0.6) is 0 Å². The molecule has 0 aliphatic carbocycles. The van der Waals surface area contributed by atoms with Crippen molar-refractivity contribution in [1.82, 2.24) is 24.8 Å². The molecule has 0 amide bonds. The lowest BCUT2D eigenvalue weighted by atomic mass is 10.1. The molecule has 0 saturated carbocycles. The summed E-state index contributed by atoms with van der Waals surface area (Å²) in [6.45, 7) is 8.03. The van der Waals surface area contributed by atoms with E-state index < -0.39 is 0 Å². The molecule has 3 N–H and O–H groups in total. The van der Waals surface area contributed by atoms with Crippen LogP contribution in [0.4, 0.5) is 11.4 Å². The molecule has 36 heavy (non-hydrogen) atoms. The number of likely N-dealkylation sites (N-methyl/N-ethyl adjacent to an activating group) is 1. The third-order valence-corrected chi connectivity index (χ3v) is 7.71. The van der Waals surface area contributed by atoms with Gasteiger partial charge in [0.15, 0.2) is 0 Å². The van der Waals surface area contributed by atoms with Crippen molar-refractivity contribution >= 4 is 44.9 Å². The quantitative estimate of drug-likeness (QED) is 0.367. The Hall–Kier alpha value is -3.07. The second-order valence-electron chi connectivity index (χ2n) is 9.95. The molecule has 0 radical (unpaired) electrons. The van der Waals surface area contributed by atoms with Crippen molar-refractivity contribution in [3.05, 3.63) is 51.8 Å². The van der Waals surface area contributed by atoms with E-state index in [1.807, 2.05) is 12.1 Å². The SMILES string of the molecule is CN1CCN(c2ccc3[nH]c(-c4c(NCCN5CCCC5)c5cc(Cl)ccc5[nH]c4=O)nc3c2)CC1. The van der Waals surface area contributed by atoms with Gasteiger partial charge in [0.2, 0.25) is 0 Å². The fraction of sp³-hybridized carbons (Fsp3) is 0.407. The van der Waals surface area contributed by atoms with Gasteiger partial charge in [0.25, 0.3) is 5.56 Å². The van der Waals surface area contributed by atoms with E-state index in [0.717, 1.165) is 85.7 Å². The molecular formula is C27H32ClN7O. The van der Waals surface area contributed by atoms with E-state index in [4.69, 9.17) is 16.6 Å². The van der Waals surface area contributed by atoms with Gasteiger partial charge >= 0.3 is 0 Å². The average molecular weight is 506 g/mol. The highest BCUT2D eigenvalue weighted by Gasteiger charge is 2.20. The van der Waals surface area contributed by atoms with E-state index in [9.17, 15) is 4.79 Å². The summed E-state index contributed by atoms with van der Waals surface area (Å²) in [5, 5.41) is 5.08. The zero-order valence-corrected chi connectivity index (χ0v) is 21.4. The summed E-state index contributed by atoms with van der Waals surface area (Å²) in [5.74, 6) is 0.562. The lowest BCUT2D eigenvalue weighted by Crippen LogP contribution is -2.44. The van der Waals surface area contributed by atoms with E-state index in [1.54, 1.807) is 6.07 Å². The molecule has 2 saturated heterocycles. The van der Waals surface area contributed by atoms with Crippen molar-refractivity contribution in [2.24, 2.45) is 0 Å². The number of aromatic amines is 2. The summed E-state index contributed by atoms with van der Waals surface area (Å²) in [5.41, 5.74) is 4.80. The molecule has 2 aromatic heterocycles. The third kappa shape index (κ3) is 4.56. The van der Waals surface area contributed by atoms with Gasteiger partial charge < -0.3 is 30.0 Å². The maximum Gasteiger partial charge on any atom is 0.261 e. The molecule has 2 aliphatic rings. The second-order valence-corrected chi connectivity index (χ2v) is 10.4. The first kappa shape index (κ1) is 23.3. The first-order valence-corrected chi connectivity index (χ1v) is 13.2. The number of nitrogens with zero attached hydrogens (tertiary/aromatic N) is 4. The third-order valence-electron chi connectivity index (χ3n) is 7.48. The second kappa shape index (κ2) is 9.76. The molecule has 0 spiro atoms. The smallest absolute Gasteiger partial charge is 0.261 e. The fourth-order valence-electron chi connectivity index (χ4n) is 5.39. The predicted octanol–water partition coefficient (Wildman–Crippen LogP) is 3.98. The van der Waals surface area contributed by atoms with Gasteiger partial charge in [-0.25, -0.2) is 4.98 Å². The lowest BCUT2D eigenvalue weighted by Gasteiger charge is -2.34.